The molecule has 5 aliphatic rings. The lowest BCUT2D eigenvalue weighted by Gasteiger charge is -2.62. The fourth-order valence-electron chi connectivity index (χ4n) is 8.51. The van der Waals surface area contributed by atoms with Crippen molar-refractivity contribution in [3.8, 4) is 0 Å². The number of Topliss-reactive ketones (excluding diaryl/α,β-unsaturated/α-hetero) is 1. The summed E-state index contributed by atoms with van der Waals surface area (Å²) in [7, 11) is 0. The smallest absolute Gasteiger partial charge is 0.303 e. The average molecular weight is 425 g/mol. The van der Waals surface area contributed by atoms with Crippen LogP contribution < -0.4 is 0 Å². The zero-order valence-electron chi connectivity index (χ0n) is 17.5. The van der Waals surface area contributed by atoms with Crippen molar-refractivity contribution >= 4 is 23.4 Å². The van der Waals surface area contributed by atoms with E-state index in [2.05, 4.69) is 6.92 Å². The predicted octanol–water partition coefficient (Wildman–Crippen LogP) is 3.49. The Hall–Kier alpha value is -0.650. The monoisotopic (exact) mass is 424 g/mol. The number of ketones is 1. The number of aliphatic hydroxyl groups excluding tert-OH is 1. The molecular formula is C23H33ClO5. The number of rotatable bonds is 3. The fraction of sp³-hybridized carbons (Fsp3) is 0.913. The van der Waals surface area contributed by atoms with Crippen LogP contribution in [0, 0.1) is 34.5 Å². The van der Waals surface area contributed by atoms with Crippen molar-refractivity contribution in [1.82, 2.24) is 0 Å². The Labute approximate surface area is 177 Å². The maximum atomic E-state index is 12.9. The summed E-state index contributed by atoms with van der Waals surface area (Å²) < 4.78 is 11.3. The number of ether oxygens (including phenoxy) is 2. The number of fused-ring (bicyclic) bond motifs is 3. The molecule has 6 heteroatoms. The number of carbonyl (C=O) groups is 2. The van der Waals surface area contributed by atoms with E-state index in [-0.39, 0.29) is 47.3 Å². The normalized spacial score (nSPS) is 53.0. The van der Waals surface area contributed by atoms with E-state index in [1.807, 2.05) is 0 Å². The molecule has 1 aliphatic heterocycles. The van der Waals surface area contributed by atoms with Crippen LogP contribution >= 0.6 is 11.6 Å². The second kappa shape index (κ2) is 6.67. The van der Waals surface area contributed by atoms with Gasteiger partial charge in [-0.05, 0) is 74.5 Å². The minimum atomic E-state index is -0.428. The molecule has 0 aromatic rings. The number of esters is 1. The minimum absolute atomic E-state index is 0.0125. The number of aliphatic hydroxyl groups is 1. The molecule has 9 atom stereocenters. The van der Waals surface area contributed by atoms with Gasteiger partial charge in [-0.25, -0.2) is 0 Å². The van der Waals surface area contributed by atoms with E-state index in [9.17, 15) is 14.7 Å². The second-order valence-corrected chi connectivity index (χ2v) is 11.4. The molecule has 162 valence electrons. The van der Waals surface area contributed by atoms with Crippen LogP contribution in [0.25, 0.3) is 0 Å². The molecular weight excluding hydrogens is 392 g/mol. The molecule has 2 bridgehead atoms. The lowest BCUT2D eigenvalue weighted by atomic mass is 9.44. The third-order valence-electron chi connectivity index (χ3n) is 9.78. The molecule has 5 rings (SSSR count). The third-order valence-corrected chi connectivity index (χ3v) is 10.6. The highest BCUT2D eigenvalue weighted by Gasteiger charge is 2.72. The molecule has 4 aliphatic carbocycles. The highest BCUT2D eigenvalue weighted by Crippen LogP contribution is 2.72. The van der Waals surface area contributed by atoms with E-state index in [0.29, 0.717) is 24.2 Å². The molecule has 4 unspecified atom stereocenters. The summed E-state index contributed by atoms with van der Waals surface area (Å²) in [5.41, 5.74) is -0.0441. The van der Waals surface area contributed by atoms with Crippen molar-refractivity contribution in [2.24, 2.45) is 34.5 Å². The quantitative estimate of drug-likeness (QED) is 0.554. The average Bonchev–Trinajstić information content (AvgIpc) is 3.08. The van der Waals surface area contributed by atoms with Crippen LogP contribution in [0.2, 0.25) is 0 Å². The van der Waals surface area contributed by atoms with Crippen molar-refractivity contribution in [3.63, 3.8) is 0 Å². The van der Waals surface area contributed by atoms with Crippen LogP contribution in [0.15, 0.2) is 0 Å². The van der Waals surface area contributed by atoms with Crippen molar-refractivity contribution in [1.29, 1.82) is 0 Å². The standard InChI is InChI=1S/C23H33ClO5/c1-13(25)28-11-19(27)18-4-3-16-15-9-20-23(24)10-14(26)5-8-22(23,12-29-20)17(15)6-7-21(16,18)2/h14-18,20,26H,3-12H2,1-2H3/t14?,15?,16?,17?,18-,20-,21+,22+,23+/m1/s1. The van der Waals surface area contributed by atoms with Gasteiger partial charge in [-0.2, -0.15) is 0 Å². The lowest BCUT2D eigenvalue weighted by Crippen LogP contribution is -2.64. The Balaban J connectivity index is 1.41. The first-order chi connectivity index (χ1) is 13.7. The van der Waals surface area contributed by atoms with Crippen molar-refractivity contribution in [2.75, 3.05) is 13.2 Å². The molecule has 0 aromatic heterocycles. The number of alkyl halides is 1. The first-order valence-corrected chi connectivity index (χ1v) is 11.7. The van der Waals surface area contributed by atoms with E-state index < -0.39 is 4.87 Å². The molecule has 1 saturated heterocycles. The molecule has 5 fully saturated rings. The molecule has 29 heavy (non-hydrogen) atoms. The fourth-order valence-corrected chi connectivity index (χ4v) is 9.13. The van der Waals surface area contributed by atoms with Gasteiger partial charge in [0.15, 0.2) is 5.78 Å². The molecule has 1 heterocycles. The maximum Gasteiger partial charge on any atom is 0.303 e. The Morgan fingerprint density at radius 3 is 2.72 bits per heavy atom. The minimum Gasteiger partial charge on any atom is -0.458 e. The number of hydrogen-bond donors (Lipinski definition) is 1. The molecule has 4 saturated carbocycles. The molecule has 0 spiro atoms. The van der Waals surface area contributed by atoms with E-state index in [1.54, 1.807) is 0 Å². The van der Waals surface area contributed by atoms with Crippen LogP contribution in [-0.4, -0.2) is 47.2 Å². The van der Waals surface area contributed by atoms with Gasteiger partial charge in [0.2, 0.25) is 0 Å². The topological polar surface area (TPSA) is 72.8 Å². The van der Waals surface area contributed by atoms with Crippen LogP contribution in [0.4, 0.5) is 0 Å². The first-order valence-electron chi connectivity index (χ1n) is 11.4. The Bertz CT molecular complexity index is 726. The summed E-state index contributed by atoms with van der Waals surface area (Å²) >= 11 is 7.29. The summed E-state index contributed by atoms with van der Waals surface area (Å²) in [5.74, 6) is 1.24. The van der Waals surface area contributed by atoms with Gasteiger partial charge in [-0.3, -0.25) is 9.59 Å². The Morgan fingerprint density at radius 1 is 1.17 bits per heavy atom. The van der Waals surface area contributed by atoms with Crippen LogP contribution in [-0.2, 0) is 19.1 Å². The van der Waals surface area contributed by atoms with Gasteiger partial charge in [0.05, 0.1) is 23.7 Å². The summed E-state index contributed by atoms with van der Waals surface area (Å²) in [6.07, 6.45) is 7.13. The zero-order valence-corrected chi connectivity index (χ0v) is 18.2. The lowest BCUT2D eigenvalue weighted by molar-refractivity contribution is -0.150. The first kappa shape index (κ1) is 20.3. The van der Waals surface area contributed by atoms with Crippen molar-refractivity contribution in [3.05, 3.63) is 0 Å². The number of carbonyl (C=O) groups excluding carboxylic acids is 2. The van der Waals surface area contributed by atoms with Crippen LogP contribution in [0.5, 0.6) is 0 Å². The third kappa shape index (κ3) is 2.66. The van der Waals surface area contributed by atoms with Gasteiger partial charge in [-0.1, -0.05) is 6.92 Å². The molecule has 5 nitrogen and oxygen atoms in total. The van der Waals surface area contributed by atoms with E-state index in [0.717, 1.165) is 51.6 Å². The summed E-state index contributed by atoms with van der Waals surface area (Å²) in [6, 6.07) is 0. The molecule has 1 N–H and O–H groups in total. The van der Waals surface area contributed by atoms with Gasteiger partial charge in [0.25, 0.3) is 0 Å². The van der Waals surface area contributed by atoms with Gasteiger partial charge < -0.3 is 14.6 Å². The van der Waals surface area contributed by atoms with Gasteiger partial charge in [0.1, 0.15) is 6.61 Å². The number of hydrogen-bond acceptors (Lipinski definition) is 5. The summed E-state index contributed by atoms with van der Waals surface area (Å²) in [4.78, 5) is 23.6. The predicted molar refractivity (Wildman–Crippen MR) is 107 cm³/mol. The van der Waals surface area contributed by atoms with E-state index in [1.165, 1.54) is 6.92 Å². The number of halogens is 1. The summed E-state index contributed by atoms with van der Waals surface area (Å²) in [6.45, 7) is 4.29. The van der Waals surface area contributed by atoms with E-state index >= 15 is 0 Å². The van der Waals surface area contributed by atoms with Crippen LogP contribution in [0.1, 0.15) is 65.2 Å². The van der Waals surface area contributed by atoms with Crippen molar-refractivity contribution in [2.45, 2.75) is 82.3 Å². The largest absolute Gasteiger partial charge is 0.458 e. The van der Waals surface area contributed by atoms with Gasteiger partial charge in [0, 0.05) is 18.3 Å². The highest BCUT2D eigenvalue weighted by molar-refractivity contribution is 6.25. The van der Waals surface area contributed by atoms with Gasteiger partial charge >= 0.3 is 5.97 Å². The van der Waals surface area contributed by atoms with Crippen molar-refractivity contribution < 1.29 is 24.2 Å². The van der Waals surface area contributed by atoms with Gasteiger partial charge in [-0.15, -0.1) is 11.6 Å². The highest BCUT2D eigenvalue weighted by atomic mass is 35.5. The Morgan fingerprint density at radius 2 is 1.97 bits per heavy atom. The van der Waals surface area contributed by atoms with Crippen LogP contribution in [0.3, 0.4) is 0 Å². The Kier molecular flexibility index (Phi) is 4.66. The molecule has 0 aromatic carbocycles. The maximum absolute atomic E-state index is 12.9. The molecule has 0 amide bonds. The second-order valence-electron chi connectivity index (χ2n) is 10.7. The molecule has 0 radical (unpaired) electrons. The SMILES string of the molecule is CC(=O)OCC(=O)[C@H]1CCC2C3C[C@H]4OC[C@@]5(CCC(O)C[C@]45Cl)C3CC[C@@]21C. The van der Waals surface area contributed by atoms with E-state index in [4.69, 9.17) is 21.1 Å². The zero-order chi connectivity index (χ0) is 20.6. The summed E-state index contributed by atoms with van der Waals surface area (Å²) in [5, 5.41) is 10.3.